The molecule has 0 unspecified atom stereocenters. The summed E-state index contributed by atoms with van der Waals surface area (Å²) in [5, 5.41) is 0.536. The average Bonchev–Trinajstić information content (AvgIpc) is 3.24. The largest absolute Gasteiger partial charge is 0.493 e. The Bertz CT molecular complexity index is 1460. The molecule has 1 aliphatic rings. The number of hydrogen-bond donors (Lipinski definition) is 0. The van der Waals surface area contributed by atoms with Crippen LogP contribution in [0.15, 0.2) is 72.8 Å². The van der Waals surface area contributed by atoms with Gasteiger partial charge in [-0.1, -0.05) is 54.1 Å². The number of rotatable bonds is 5. The predicted octanol–water partition coefficient (Wildman–Crippen LogP) is 6.66. The summed E-state index contributed by atoms with van der Waals surface area (Å²) in [5.74, 6) is 0.417. The van der Waals surface area contributed by atoms with E-state index in [0.717, 1.165) is 38.4 Å². The van der Waals surface area contributed by atoms with Crippen LogP contribution < -0.4 is 9.64 Å². The Morgan fingerprint density at radius 3 is 2.64 bits per heavy atom. The number of anilines is 1. The second-order valence-electron chi connectivity index (χ2n) is 8.54. The normalized spacial score (nSPS) is 12.1. The maximum absolute atomic E-state index is 13.3. The van der Waals surface area contributed by atoms with Gasteiger partial charge in [0, 0.05) is 23.9 Å². The lowest BCUT2D eigenvalue weighted by Crippen LogP contribution is -2.25. The molecule has 5 nitrogen and oxygen atoms in total. The zero-order chi connectivity index (χ0) is 25.2. The van der Waals surface area contributed by atoms with Gasteiger partial charge < -0.3 is 14.4 Å². The monoisotopic (exact) mass is 517 g/mol. The van der Waals surface area contributed by atoms with E-state index in [4.69, 9.17) is 21.1 Å². The molecule has 3 aromatic carbocycles. The summed E-state index contributed by atoms with van der Waals surface area (Å²) in [6.07, 6.45) is 0.942. The van der Waals surface area contributed by atoms with E-state index in [9.17, 15) is 9.59 Å². The highest BCUT2D eigenvalue weighted by Crippen LogP contribution is 2.43. The SMILES string of the molecule is COC(=O)Cc1cccc(-c2ccc3c(c2)OCCc2cc(C(=O)N(C)c4ccccc4Cl)sc2-3)c1. The molecule has 2 heterocycles. The minimum atomic E-state index is -0.270. The van der Waals surface area contributed by atoms with Gasteiger partial charge in [-0.15, -0.1) is 11.3 Å². The van der Waals surface area contributed by atoms with Gasteiger partial charge in [-0.3, -0.25) is 9.59 Å². The molecule has 1 aliphatic heterocycles. The second-order valence-corrected chi connectivity index (χ2v) is 10.0. The van der Waals surface area contributed by atoms with Gasteiger partial charge in [-0.2, -0.15) is 0 Å². The van der Waals surface area contributed by atoms with Crippen molar-refractivity contribution in [3.63, 3.8) is 0 Å². The first kappa shape index (κ1) is 24.1. The standard InChI is InChI=1S/C29H24ClNO4S/c1-31(24-9-4-3-8-23(24)30)29(33)26-17-21-12-13-35-25-16-20(10-11-22(25)28(21)36-26)19-7-5-6-18(14-19)15-27(32)34-2/h3-11,14,16-17H,12-13,15H2,1-2H3. The highest BCUT2D eigenvalue weighted by molar-refractivity contribution is 7.17. The number of esters is 1. The number of fused-ring (bicyclic) bond motifs is 3. The number of nitrogens with zero attached hydrogens (tertiary/aromatic N) is 1. The van der Waals surface area contributed by atoms with Crippen molar-refractivity contribution in [2.75, 3.05) is 25.7 Å². The number of benzene rings is 3. The highest BCUT2D eigenvalue weighted by atomic mass is 35.5. The predicted molar refractivity (Wildman–Crippen MR) is 144 cm³/mol. The van der Waals surface area contributed by atoms with Crippen molar-refractivity contribution in [3.05, 3.63) is 93.8 Å². The Hall–Kier alpha value is -3.61. The summed E-state index contributed by atoms with van der Waals surface area (Å²) in [5.41, 5.74) is 5.63. The van der Waals surface area contributed by atoms with Gasteiger partial charge in [0.15, 0.2) is 0 Å². The maximum Gasteiger partial charge on any atom is 0.309 e. The average molecular weight is 518 g/mol. The molecule has 0 saturated heterocycles. The third-order valence-corrected chi connectivity index (χ3v) is 7.75. The molecule has 0 spiro atoms. The topological polar surface area (TPSA) is 55.8 Å². The van der Waals surface area contributed by atoms with E-state index in [1.807, 2.05) is 66.7 Å². The van der Waals surface area contributed by atoms with Crippen LogP contribution in [0.2, 0.25) is 5.02 Å². The first-order valence-corrected chi connectivity index (χ1v) is 12.7. The molecule has 182 valence electrons. The van der Waals surface area contributed by atoms with Crippen molar-refractivity contribution < 1.29 is 19.1 Å². The number of thiophene rings is 1. The van der Waals surface area contributed by atoms with Crippen molar-refractivity contribution in [1.29, 1.82) is 0 Å². The van der Waals surface area contributed by atoms with Crippen molar-refractivity contribution in [3.8, 4) is 27.3 Å². The maximum atomic E-state index is 13.3. The Morgan fingerprint density at radius 2 is 1.83 bits per heavy atom. The van der Waals surface area contributed by atoms with Crippen molar-refractivity contribution in [1.82, 2.24) is 0 Å². The number of halogens is 1. The van der Waals surface area contributed by atoms with Gasteiger partial charge in [0.25, 0.3) is 5.91 Å². The van der Waals surface area contributed by atoms with Crippen molar-refractivity contribution in [2.45, 2.75) is 12.8 Å². The van der Waals surface area contributed by atoms with E-state index in [2.05, 4.69) is 0 Å². The summed E-state index contributed by atoms with van der Waals surface area (Å²) in [4.78, 5) is 28.3. The number of ether oxygens (including phenoxy) is 2. The quantitative estimate of drug-likeness (QED) is 0.278. The molecule has 1 amide bonds. The van der Waals surface area contributed by atoms with Crippen LogP contribution in [0.1, 0.15) is 20.8 Å². The lowest BCUT2D eigenvalue weighted by Gasteiger charge is -2.17. The number of carbonyl (C=O) groups is 2. The van der Waals surface area contributed by atoms with Gasteiger partial charge in [0.05, 0.1) is 35.7 Å². The van der Waals surface area contributed by atoms with Crippen molar-refractivity contribution >= 4 is 40.5 Å². The molecule has 7 heteroatoms. The molecule has 0 bridgehead atoms. The van der Waals surface area contributed by atoms with E-state index in [1.165, 1.54) is 18.4 Å². The Labute approximate surface area is 218 Å². The number of amides is 1. The zero-order valence-corrected chi connectivity index (χ0v) is 21.5. The molecular formula is C29H24ClNO4S. The fourth-order valence-corrected chi connectivity index (χ4v) is 5.80. The summed E-state index contributed by atoms with van der Waals surface area (Å²) >= 11 is 7.79. The van der Waals surface area contributed by atoms with E-state index in [1.54, 1.807) is 18.0 Å². The first-order chi connectivity index (χ1) is 17.4. The number of para-hydroxylation sites is 1. The van der Waals surface area contributed by atoms with Crippen LogP contribution in [0, 0.1) is 0 Å². The molecule has 4 aromatic rings. The van der Waals surface area contributed by atoms with E-state index in [-0.39, 0.29) is 18.3 Å². The Morgan fingerprint density at radius 1 is 1.03 bits per heavy atom. The molecular weight excluding hydrogens is 494 g/mol. The van der Waals surface area contributed by atoms with E-state index < -0.39 is 0 Å². The number of methoxy groups -OCH3 is 1. The fourth-order valence-electron chi connectivity index (χ4n) is 4.33. The lowest BCUT2D eigenvalue weighted by atomic mass is 9.99. The van der Waals surface area contributed by atoms with Crippen LogP contribution in [0.4, 0.5) is 5.69 Å². The van der Waals surface area contributed by atoms with Gasteiger partial charge in [-0.25, -0.2) is 0 Å². The van der Waals surface area contributed by atoms with Gasteiger partial charge in [-0.05, 0) is 52.6 Å². The molecule has 1 aromatic heterocycles. The Balaban J connectivity index is 1.46. The molecule has 0 radical (unpaired) electrons. The smallest absolute Gasteiger partial charge is 0.309 e. The van der Waals surface area contributed by atoms with Crippen LogP contribution in [-0.2, 0) is 22.4 Å². The highest BCUT2D eigenvalue weighted by Gasteiger charge is 2.24. The van der Waals surface area contributed by atoms with Crippen LogP contribution in [0.3, 0.4) is 0 Å². The molecule has 0 atom stereocenters. The van der Waals surface area contributed by atoms with E-state index in [0.29, 0.717) is 28.6 Å². The molecule has 5 rings (SSSR count). The van der Waals surface area contributed by atoms with E-state index >= 15 is 0 Å². The van der Waals surface area contributed by atoms with Crippen LogP contribution >= 0.6 is 22.9 Å². The van der Waals surface area contributed by atoms with Gasteiger partial charge in [0.1, 0.15) is 5.75 Å². The molecule has 36 heavy (non-hydrogen) atoms. The second kappa shape index (κ2) is 10.2. The summed E-state index contributed by atoms with van der Waals surface area (Å²) in [6, 6.07) is 23.3. The summed E-state index contributed by atoms with van der Waals surface area (Å²) < 4.78 is 10.9. The minimum absolute atomic E-state index is 0.0947. The van der Waals surface area contributed by atoms with Gasteiger partial charge >= 0.3 is 5.97 Å². The fraction of sp³-hybridized carbons (Fsp3) is 0.172. The number of carbonyl (C=O) groups excluding carboxylic acids is 2. The molecule has 0 aliphatic carbocycles. The van der Waals surface area contributed by atoms with Crippen LogP contribution in [0.25, 0.3) is 21.6 Å². The van der Waals surface area contributed by atoms with Crippen LogP contribution in [-0.4, -0.2) is 32.6 Å². The molecule has 0 saturated carbocycles. The zero-order valence-electron chi connectivity index (χ0n) is 19.9. The third-order valence-electron chi connectivity index (χ3n) is 6.23. The molecule has 0 N–H and O–H groups in total. The lowest BCUT2D eigenvalue weighted by molar-refractivity contribution is -0.139. The minimum Gasteiger partial charge on any atom is -0.493 e. The first-order valence-electron chi connectivity index (χ1n) is 11.5. The molecule has 0 fully saturated rings. The van der Waals surface area contributed by atoms with Crippen molar-refractivity contribution in [2.24, 2.45) is 0 Å². The van der Waals surface area contributed by atoms with Crippen LogP contribution in [0.5, 0.6) is 5.75 Å². The number of hydrogen-bond acceptors (Lipinski definition) is 5. The Kier molecular flexibility index (Phi) is 6.81. The third kappa shape index (κ3) is 4.74. The summed E-state index contributed by atoms with van der Waals surface area (Å²) in [7, 11) is 3.13. The van der Waals surface area contributed by atoms with Gasteiger partial charge in [0.2, 0.25) is 0 Å². The summed E-state index contributed by atoms with van der Waals surface area (Å²) in [6.45, 7) is 0.524.